The Labute approximate surface area is 111 Å². The van der Waals surface area contributed by atoms with Gasteiger partial charge in [0.05, 0.1) is 6.04 Å². The molecule has 3 fully saturated rings. The summed E-state index contributed by atoms with van der Waals surface area (Å²) in [5.74, 6) is 0.718. The van der Waals surface area contributed by atoms with Crippen molar-refractivity contribution < 1.29 is 0 Å². The highest BCUT2D eigenvalue weighted by Gasteiger charge is 2.55. The molecule has 3 rings (SSSR count). The van der Waals surface area contributed by atoms with Crippen LogP contribution in [0.2, 0.25) is 0 Å². The highest BCUT2D eigenvalue weighted by atomic mass is 15.1. The third-order valence-corrected chi connectivity index (χ3v) is 5.25. The summed E-state index contributed by atoms with van der Waals surface area (Å²) < 4.78 is 0. The van der Waals surface area contributed by atoms with Gasteiger partial charge in [-0.3, -0.25) is 0 Å². The van der Waals surface area contributed by atoms with Gasteiger partial charge < -0.3 is 11.1 Å². The van der Waals surface area contributed by atoms with Gasteiger partial charge >= 0.3 is 0 Å². The van der Waals surface area contributed by atoms with E-state index >= 15 is 0 Å². The molecule has 0 bridgehead atoms. The zero-order valence-corrected chi connectivity index (χ0v) is 11.5. The zero-order valence-electron chi connectivity index (χ0n) is 11.5. The Kier molecular flexibility index (Phi) is 3.49. The summed E-state index contributed by atoms with van der Waals surface area (Å²) in [6.45, 7) is 0. The van der Waals surface area contributed by atoms with E-state index in [2.05, 4.69) is 5.32 Å². The molecule has 3 heteroatoms. The third-order valence-electron chi connectivity index (χ3n) is 5.25. The SMILES string of the molecule is NC(=NC1CC12CCCC2)NC1CCCCCC1. The Morgan fingerprint density at radius 2 is 1.67 bits per heavy atom. The summed E-state index contributed by atoms with van der Waals surface area (Å²) in [6, 6.07) is 1.12. The largest absolute Gasteiger partial charge is 0.370 e. The van der Waals surface area contributed by atoms with E-state index in [0.717, 1.165) is 5.96 Å². The van der Waals surface area contributed by atoms with Crippen LogP contribution in [0, 0.1) is 5.41 Å². The number of nitrogens with two attached hydrogens (primary N) is 1. The summed E-state index contributed by atoms with van der Waals surface area (Å²) >= 11 is 0. The van der Waals surface area contributed by atoms with Gasteiger partial charge in [-0.2, -0.15) is 0 Å². The molecule has 0 saturated heterocycles. The van der Waals surface area contributed by atoms with E-state index in [-0.39, 0.29) is 0 Å². The molecular weight excluding hydrogens is 222 g/mol. The Bertz CT molecular complexity index is 310. The van der Waals surface area contributed by atoms with Crippen molar-refractivity contribution in [3.05, 3.63) is 0 Å². The molecule has 0 heterocycles. The Balaban J connectivity index is 1.50. The second-order valence-electron chi connectivity index (χ2n) is 6.64. The minimum Gasteiger partial charge on any atom is -0.370 e. The molecule has 0 aromatic rings. The first-order valence-electron chi connectivity index (χ1n) is 7.88. The van der Waals surface area contributed by atoms with Crippen LogP contribution in [-0.2, 0) is 0 Å². The highest BCUT2D eigenvalue weighted by molar-refractivity contribution is 5.78. The number of aliphatic imine (C=N–C) groups is 1. The summed E-state index contributed by atoms with van der Waals surface area (Å²) in [5.41, 5.74) is 6.67. The molecule has 0 aromatic carbocycles. The number of hydrogen-bond donors (Lipinski definition) is 2. The van der Waals surface area contributed by atoms with Crippen LogP contribution < -0.4 is 11.1 Å². The normalized spacial score (nSPS) is 32.4. The fourth-order valence-corrected chi connectivity index (χ4v) is 3.96. The monoisotopic (exact) mass is 249 g/mol. The predicted octanol–water partition coefficient (Wildman–Crippen LogP) is 2.95. The lowest BCUT2D eigenvalue weighted by molar-refractivity contribution is 0.505. The topological polar surface area (TPSA) is 50.4 Å². The molecule has 1 spiro atoms. The van der Waals surface area contributed by atoms with Crippen LogP contribution in [0.3, 0.4) is 0 Å². The lowest BCUT2D eigenvalue weighted by Crippen LogP contribution is -2.40. The average Bonchev–Trinajstić information content (AvgIpc) is 2.88. The van der Waals surface area contributed by atoms with E-state index < -0.39 is 0 Å². The van der Waals surface area contributed by atoms with Gasteiger partial charge in [-0.25, -0.2) is 4.99 Å². The number of hydrogen-bond acceptors (Lipinski definition) is 1. The van der Waals surface area contributed by atoms with E-state index in [1.54, 1.807) is 0 Å². The molecule has 3 aliphatic carbocycles. The van der Waals surface area contributed by atoms with E-state index in [1.807, 2.05) is 0 Å². The first-order chi connectivity index (χ1) is 8.78. The Morgan fingerprint density at radius 1 is 1.00 bits per heavy atom. The highest BCUT2D eigenvalue weighted by Crippen LogP contribution is 2.59. The molecule has 3 aliphatic rings. The third kappa shape index (κ3) is 2.65. The van der Waals surface area contributed by atoms with Crippen LogP contribution in [0.1, 0.15) is 70.6 Å². The maximum Gasteiger partial charge on any atom is 0.189 e. The molecule has 0 radical (unpaired) electrons. The van der Waals surface area contributed by atoms with E-state index in [0.29, 0.717) is 17.5 Å². The molecular formula is C15H27N3. The van der Waals surface area contributed by atoms with Crippen molar-refractivity contribution >= 4 is 5.96 Å². The number of guanidine groups is 1. The second kappa shape index (κ2) is 5.10. The smallest absolute Gasteiger partial charge is 0.189 e. The number of rotatable bonds is 2. The van der Waals surface area contributed by atoms with Crippen LogP contribution in [0.25, 0.3) is 0 Å². The van der Waals surface area contributed by atoms with Gasteiger partial charge in [0.2, 0.25) is 0 Å². The first kappa shape index (κ1) is 12.3. The molecule has 3 N–H and O–H groups in total. The predicted molar refractivity (Wildman–Crippen MR) is 75.6 cm³/mol. The number of nitrogens with zero attached hydrogens (tertiary/aromatic N) is 1. The quantitative estimate of drug-likeness (QED) is 0.449. The van der Waals surface area contributed by atoms with E-state index in [9.17, 15) is 0 Å². The molecule has 0 aliphatic heterocycles. The fraction of sp³-hybridized carbons (Fsp3) is 0.933. The summed E-state index contributed by atoms with van der Waals surface area (Å²) in [6.07, 6.45) is 14.9. The van der Waals surface area contributed by atoms with E-state index in [4.69, 9.17) is 10.7 Å². The Morgan fingerprint density at radius 3 is 2.33 bits per heavy atom. The van der Waals surface area contributed by atoms with Gasteiger partial charge in [-0.15, -0.1) is 0 Å². The summed E-state index contributed by atoms with van der Waals surface area (Å²) in [7, 11) is 0. The van der Waals surface area contributed by atoms with Crippen molar-refractivity contribution in [3.63, 3.8) is 0 Å². The van der Waals surface area contributed by atoms with Crippen molar-refractivity contribution in [3.8, 4) is 0 Å². The van der Waals surface area contributed by atoms with Crippen LogP contribution in [0.15, 0.2) is 4.99 Å². The van der Waals surface area contributed by atoms with Gasteiger partial charge in [-0.05, 0) is 37.5 Å². The van der Waals surface area contributed by atoms with Gasteiger partial charge in [0.25, 0.3) is 0 Å². The molecule has 1 unspecified atom stereocenters. The summed E-state index contributed by atoms with van der Waals surface area (Å²) in [5, 5.41) is 3.46. The van der Waals surface area contributed by atoms with Gasteiger partial charge in [-0.1, -0.05) is 38.5 Å². The van der Waals surface area contributed by atoms with Crippen molar-refractivity contribution in [2.45, 2.75) is 82.7 Å². The van der Waals surface area contributed by atoms with E-state index in [1.165, 1.54) is 70.6 Å². The van der Waals surface area contributed by atoms with Gasteiger partial charge in [0, 0.05) is 6.04 Å². The van der Waals surface area contributed by atoms with Gasteiger partial charge in [0.1, 0.15) is 0 Å². The lowest BCUT2D eigenvalue weighted by atomic mass is 10.1. The zero-order chi connectivity index (χ0) is 12.4. The van der Waals surface area contributed by atoms with Crippen LogP contribution >= 0.6 is 0 Å². The molecule has 0 aromatic heterocycles. The maximum absolute atomic E-state index is 6.09. The summed E-state index contributed by atoms with van der Waals surface area (Å²) in [4.78, 5) is 4.73. The minimum absolute atomic E-state index is 0.540. The molecule has 3 saturated carbocycles. The standard InChI is InChI=1S/C15H27N3/c16-14(17-12-7-3-1-2-4-8-12)18-13-11-15(13)9-5-6-10-15/h12-13H,1-11H2,(H3,16,17,18). The minimum atomic E-state index is 0.540. The number of nitrogens with one attached hydrogen (secondary N) is 1. The molecule has 18 heavy (non-hydrogen) atoms. The molecule has 102 valence electrons. The Hall–Kier alpha value is -0.730. The second-order valence-corrected chi connectivity index (χ2v) is 6.64. The fourth-order valence-electron chi connectivity index (χ4n) is 3.96. The molecule has 3 nitrogen and oxygen atoms in total. The lowest BCUT2D eigenvalue weighted by Gasteiger charge is -2.17. The van der Waals surface area contributed by atoms with Crippen molar-refractivity contribution in [1.82, 2.24) is 5.32 Å². The molecule has 0 amide bonds. The maximum atomic E-state index is 6.09. The van der Waals surface area contributed by atoms with Crippen molar-refractivity contribution in [1.29, 1.82) is 0 Å². The van der Waals surface area contributed by atoms with Crippen molar-refractivity contribution in [2.75, 3.05) is 0 Å². The van der Waals surface area contributed by atoms with Crippen LogP contribution in [0.4, 0.5) is 0 Å². The van der Waals surface area contributed by atoms with Gasteiger partial charge in [0.15, 0.2) is 5.96 Å². The molecule has 1 atom stereocenters. The first-order valence-corrected chi connectivity index (χ1v) is 7.88. The average molecular weight is 249 g/mol. The van der Waals surface area contributed by atoms with Crippen molar-refractivity contribution in [2.24, 2.45) is 16.1 Å². The van der Waals surface area contributed by atoms with Crippen LogP contribution in [0.5, 0.6) is 0 Å². The van der Waals surface area contributed by atoms with Crippen LogP contribution in [-0.4, -0.2) is 18.0 Å².